The molecule has 0 saturated heterocycles. The summed E-state index contributed by atoms with van der Waals surface area (Å²) < 4.78 is 2.07. The van der Waals surface area contributed by atoms with E-state index in [4.69, 9.17) is 0 Å². The topological polar surface area (TPSA) is 43.6 Å². The highest BCUT2D eigenvalue weighted by molar-refractivity contribution is 7.13. The minimum atomic E-state index is 0.367. The Kier molecular flexibility index (Phi) is 2.67. The third kappa shape index (κ3) is 1.78. The molecule has 2 aromatic heterocycles. The fourth-order valence-electron chi connectivity index (χ4n) is 2.90. The molecule has 0 bridgehead atoms. The molecule has 1 aliphatic rings. The lowest BCUT2D eigenvalue weighted by molar-refractivity contribution is 0.480. The SMILES string of the molecule is Cc1ncsc1-c1ncnn1C1Cc2ccccc2C1. The first-order chi connectivity index (χ1) is 9.83. The van der Waals surface area contributed by atoms with Crippen molar-refractivity contribution in [2.45, 2.75) is 25.8 Å². The predicted octanol–water partition coefficient (Wildman–Crippen LogP) is 3.05. The quantitative estimate of drug-likeness (QED) is 0.725. The van der Waals surface area contributed by atoms with E-state index in [-0.39, 0.29) is 0 Å². The van der Waals surface area contributed by atoms with Crippen LogP contribution in [0.3, 0.4) is 0 Å². The smallest absolute Gasteiger partial charge is 0.170 e. The van der Waals surface area contributed by atoms with Gasteiger partial charge in [0.1, 0.15) is 6.33 Å². The van der Waals surface area contributed by atoms with Crippen LogP contribution in [0.4, 0.5) is 0 Å². The molecule has 0 saturated carbocycles. The Bertz CT molecular complexity index is 734. The van der Waals surface area contributed by atoms with Gasteiger partial charge in [-0.15, -0.1) is 11.3 Å². The number of thiazole rings is 1. The summed E-state index contributed by atoms with van der Waals surface area (Å²) in [6.07, 6.45) is 3.71. The van der Waals surface area contributed by atoms with E-state index in [1.165, 1.54) is 11.1 Å². The molecule has 3 aromatic rings. The Morgan fingerprint density at radius 3 is 2.55 bits per heavy atom. The molecule has 0 atom stereocenters. The summed E-state index contributed by atoms with van der Waals surface area (Å²) >= 11 is 1.63. The van der Waals surface area contributed by atoms with Crippen molar-refractivity contribution in [3.8, 4) is 10.7 Å². The average molecular weight is 282 g/mol. The van der Waals surface area contributed by atoms with Gasteiger partial charge in [-0.3, -0.25) is 0 Å². The molecular weight excluding hydrogens is 268 g/mol. The van der Waals surface area contributed by atoms with Crippen LogP contribution in [0.2, 0.25) is 0 Å². The zero-order valence-corrected chi connectivity index (χ0v) is 12.0. The third-order valence-electron chi connectivity index (χ3n) is 3.90. The summed E-state index contributed by atoms with van der Waals surface area (Å²) in [6, 6.07) is 9.01. The molecule has 0 amide bonds. The van der Waals surface area contributed by atoms with Gasteiger partial charge in [-0.05, 0) is 30.9 Å². The third-order valence-corrected chi connectivity index (χ3v) is 4.82. The van der Waals surface area contributed by atoms with Gasteiger partial charge in [-0.1, -0.05) is 24.3 Å². The maximum atomic E-state index is 4.46. The van der Waals surface area contributed by atoms with Crippen LogP contribution in [0.1, 0.15) is 22.9 Å². The second-order valence-electron chi connectivity index (χ2n) is 5.13. The van der Waals surface area contributed by atoms with Crippen molar-refractivity contribution in [1.29, 1.82) is 0 Å². The summed E-state index contributed by atoms with van der Waals surface area (Å²) in [5, 5.41) is 4.46. The minimum absolute atomic E-state index is 0.367. The van der Waals surface area contributed by atoms with Gasteiger partial charge in [0.15, 0.2) is 5.82 Å². The normalized spacial score (nSPS) is 14.7. The Balaban J connectivity index is 1.73. The van der Waals surface area contributed by atoms with Crippen LogP contribution in [0, 0.1) is 6.92 Å². The highest BCUT2D eigenvalue weighted by Crippen LogP contribution is 2.33. The molecule has 0 N–H and O–H groups in total. The van der Waals surface area contributed by atoms with E-state index in [0.717, 1.165) is 29.2 Å². The molecule has 0 fully saturated rings. The summed E-state index contributed by atoms with van der Waals surface area (Å²) in [5.74, 6) is 0.947. The van der Waals surface area contributed by atoms with E-state index in [1.807, 2.05) is 12.4 Å². The van der Waals surface area contributed by atoms with Crippen molar-refractivity contribution < 1.29 is 0 Å². The van der Waals surface area contributed by atoms with Crippen LogP contribution in [0.25, 0.3) is 10.7 Å². The molecule has 1 aliphatic carbocycles. The van der Waals surface area contributed by atoms with Gasteiger partial charge in [-0.25, -0.2) is 14.6 Å². The van der Waals surface area contributed by atoms with Gasteiger partial charge in [0.05, 0.1) is 22.1 Å². The number of fused-ring (bicyclic) bond motifs is 1. The molecule has 0 spiro atoms. The van der Waals surface area contributed by atoms with Crippen LogP contribution in [-0.4, -0.2) is 19.7 Å². The lowest BCUT2D eigenvalue weighted by atomic mass is 10.1. The van der Waals surface area contributed by atoms with Crippen LogP contribution < -0.4 is 0 Å². The lowest BCUT2D eigenvalue weighted by Gasteiger charge is -2.12. The van der Waals surface area contributed by atoms with Crippen LogP contribution in [-0.2, 0) is 12.8 Å². The van der Waals surface area contributed by atoms with E-state index in [2.05, 4.69) is 44.0 Å². The van der Waals surface area contributed by atoms with Crippen LogP contribution in [0.5, 0.6) is 0 Å². The zero-order valence-electron chi connectivity index (χ0n) is 11.2. The summed E-state index contributed by atoms with van der Waals surface area (Å²) in [6.45, 7) is 2.02. The summed E-state index contributed by atoms with van der Waals surface area (Å²) in [5.41, 5.74) is 5.76. The predicted molar refractivity (Wildman–Crippen MR) is 78.8 cm³/mol. The van der Waals surface area contributed by atoms with Crippen molar-refractivity contribution in [2.75, 3.05) is 0 Å². The molecule has 0 unspecified atom stereocenters. The summed E-state index contributed by atoms with van der Waals surface area (Å²) in [7, 11) is 0. The first-order valence-corrected chi connectivity index (χ1v) is 7.57. The fraction of sp³-hybridized carbons (Fsp3) is 0.267. The minimum Gasteiger partial charge on any atom is -0.249 e. The van der Waals surface area contributed by atoms with Crippen molar-refractivity contribution >= 4 is 11.3 Å². The van der Waals surface area contributed by atoms with E-state index in [0.29, 0.717) is 6.04 Å². The molecule has 0 radical (unpaired) electrons. The van der Waals surface area contributed by atoms with Gasteiger partial charge in [0, 0.05) is 0 Å². The van der Waals surface area contributed by atoms with Crippen molar-refractivity contribution in [3.63, 3.8) is 0 Å². The lowest BCUT2D eigenvalue weighted by Crippen LogP contribution is -2.12. The number of hydrogen-bond acceptors (Lipinski definition) is 4. The van der Waals surface area contributed by atoms with Crippen molar-refractivity contribution in [3.05, 3.63) is 52.9 Å². The molecule has 4 nitrogen and oxygen atoms in total. The van der Waals surface area contributed by atoms with Gasteiger partial charge in [-0.2, -0.15) is 5.10 Å². The molecule has 0 aliphatic heterocycles. The largest absolute Gasteiger partial charge is 0.249 e. The summed E-state index contributed by atoms with van der Waals surface area (Å²) in [4.78, 5) is 9.89. The van der Waals surface area contributed by atoms with Gasteiger partial charge in [0.25, 0.3) is 0 Å². The maximum absolute atomic E-state index is 4.46. The van der Waals surface area contributed by atoms with E-state index in [1.54, 1.807) is 17.7 Å². The van der Waals surface area contributed by atoms with Crippen molar-refractivity contribution in [2.24, 2.45) is 0 Å². The zero-order chi connectivity index (χ0) is 13.5. The molecule has 2 heterocycles. The van der Waals surface area contributed by atoms with Crippen LogP contribution >= 0.6 is 11.3 Å². The average Bonchev–Trinajstić information content (AvgIpc) is 3.15. The number of benzene rings is 1. The van der Waals surface area contributed by atoms with E-state index < -0.39 is 0 Å². The number of hydrogen-bond donors (Lipinski definition) is 0. The van der Waals surface area contributed by atoms with Gasteiger partial charge in [0.2, 0.25) is 0 Å². The van der Waals surface area contributed by atoms with E-state index in [9.17, 15) is 0 Å². The molecule has 20 heavy (non-hydrogen) atoms. The maximum Gasteiger partial charge on any atom is 0.170 e. The van der Waals surface area contributed by atoms with Crippen molar-refractivity contribution in [1.82, 2.24) is 19.7 Å². The molecule has 5 heteroatoms. The molecule has 1 aromatic carbocycles. The monoisotopic (exact) mass is 282 g/mol. The Morgan fingerprint density at radius 2 is 1.90 bits per heavy atom. The highest BCUT2D eigenvalue weighted by Gasteiger charge is 2.26. The second-order valence-corrected chi connectivity index (χ2v) is 5.98. The van der Waals surface area contributed by atoms with Crippen LogP contribution in [0.15, 0.2) is 36.1 Å². The molecular formula is C15H14N4S. The number of aryl methyl sites for hydroxylation is 1. The Labute approximate surface area is 121 Å². The first-order valence-electron chi connectivity index (χ1n) is 6.69. The molecule has 4 rings (SSSR count). The van der Waals surface area contributed by atoms with E-state index >= 15 is 0 Å². The molecule has 100 valence electrons. The van der Waals surface area contributed by atoms with Gasteiger partial charge >= 0.3 is 0 Å². The van der Waals surface area contributed by atoms with Gasteiger partial charge < -0.3 is 0 Å². The number of nitrogens with zero attached hydrogens (tertiary/aromatic N) is 4. The second kappa shape index (κ2) is 4.52. The standard InChI is InChI=1S/C15H14N4S/c1-10-14(20-9-17-10)15-16-8-18-19(15)13-6-11-4-2-3-5-12(11)7-13/h2-5,8-9,13H,6-7H2,1H3. The number of aromatic nitrogens is 4. The Morgan fingerprint density at radius 1 is 1.15 bits per heavy atom. The highest BCUT2D eigenvalue weighted by atomic mass is 32.1. The fourth-order valence-corrected chi connectivity index (χ4v) is 3.70. The first kappa shape index (κ1) is 11.8. The Hall–Kier alpha value is -2.01. The number of rotatable bonds is 2.